The Morgan fingerprint density at radius 1 is 1.41 bits per heavy atom. The normalized spacial score (nSPS) is 22.2. The van der Waals surface area contributed by atoms with E-state index >= 15 is 0 Å². The van der Waals surface area contributed by atoms with E-state index in [0.717, 1.165) is 16.9 Å². The molecule has 0 bridgehead atoms. The predicted octanol–water partition coefficient (Wildman–Crippen LogP) is 2.08. The molecule has 1 aromatic rings. The molecule has 2 atom stereocenters. The van der Waals surface area contributed by atoms with Gasteiger partial charge in [0.2, 0.25) is 0 Å². The zero-order chi connectivity index (χ0) is 11.7. The molecule has 0 saturated carbocycles. The molecular weight excluding hydrogens is 242 g/mol. The fraction of sp³-hybridized carbons (Fsp3) is 0.417. The van der Waals surface area contributed by atoms with Crippen molar-refractivity contribution in [2.24, 2.45) is 5.73 Å². The number of rotatable bonds is 2. The summed E-state index contributed by atoms with van der Waals surface area (Å²) in [5.74, 6) is -0.487. The van der Waals surface area contributed by atoms with Gasteiger partial charge in [0, 0.05) is 6.04 Å². The Hall–Kier alpha value is -1.26. The summed E-state index contributed by atoms with van der Waals surface area (Å²) < 4.78 is 5.12. The van der Waals surface area contributed by atoms with Crippen LogP contribution in [0.1, 0.15) is 35.9 Å². The van der Waals surface area contributed by atoms with E-state index in [1.807, 2.05) is 12.1 Å². The molecule has 0 aliphatic heterocycles. The summed E-state index contributed by atoms with van der Waals surface area (Å²) in [6.07, 6.45) is 1.31. The van der Waals surface area contributed by atoms with Gasteiger partial charge in [0.05, 0.1) is 13.0 Å². The standard InChI is InChI=1S/C12H15NO3.ClH/c1-16-7-2-3-8-9(12(14)15)4-5-11(13)10(8)6-7;/h2-3,6,9,11H,4-5,13H2,1H3,(H,14,15);1H. The van der Waals surface area contributed by atoms with E-state index in [-0.39, 0.29) is 18.4 Å². The van der Waals surface area contributed by atoms with Gasteiger partial charge in [-0.05, 0) is 36.1 Å². The predicted molar refractivity (Wildman–Crippen MR) is 66.8 cm³/mol. The smallest absolute Gasteiger partial charge is 0.310 e. The van der Waals surface area contributed by atoms with Crippen LogP contribution < -0.4 is 10.5 Å². The van der Waals surface area contributed by atoms with Gasteiger partial charge in [-0.1, -0.05) is 6.07 Å². The van der Waals surface area contributed by atoms with E-state index in [0.29, 0.717) is 12.8 Å². The first kappa shape index (κ1) is 13.8. The number of aliphatic carboxylic acids is 1. The molecular formula is C12H16ClNO3. The number of fused-ring (bicyclic) bond motifs is 1. The fourth-order valence-electron chi connectivity index (χ4n) is 2.23. The highest BCUT2D eigenvalue weighted by Crippen LogP contribution is 2.38. The lowest BCUT2D eigenvalue weighted by molar-refractivity contribution is -0.139. The highest BCUT2D eigenvalue weighted by atomic mass is 35.5. The Morgan fingerprint density at radius 3 is 2.71 bits per heavy atom. The third kappa shape index (κ3) is 2.53. The second-order valence-corrected chi connectivity index (χ2v) is 4.07. The molecule has 0 aromatic heterocycles. The van der Waals surface area contributed by atoms with Gasteiger partial charge in [-0.2, -0.15) is 0 Å². The summed E-state index contributed by atoms with van der Waals surface area (Å²) in [6, 6.07) is 5.36. The van der Waals surface area contributed by atoms with Crippen LogP contribution in [0.4, 0.5) is 0 Å². The highest BCUT2D eigenvalue weighted by Gasteiger charge is 2.29. The maximum atomic E-state index is 11.1. The van der Waals surface area contributed by atoms with Crippen molar-refractivity contribution in [3.8, 4) is 5.75 Å². The summed E-state index contributed by atoms with van der Waals surface area (Å²) in [4.78, 5) is 11.1. The maximum Gasteiger partial charge on any atom is 0.310 e. The molecule has 0 saturated heterocycles. The molecule has 0 spiro atoms. The molecule has 5 heteroatoms. The molecule has 17 heavy (non-hydrogen) atoms. The van der Waals surface area contributed by atoms with Crippen molar-refractivity contribution < 1.29 is 14.6 Å². The number of carbonyl (C=O) groups is 1. The van der Waals surface area contributed by atoms with Gasteiger partial charge in [-0.15, -0.1) is 12.4 Å². The molecule has 0 amide bonds. The quantitative estimate of drug-likeness (QED) is 0.851. The van der Waals surface area contributed by atoms with E-state index in [1.54, 1.807) is 13.2 Å². The van der Waals surface area contributed by atoms with E-state index in [9.17, 15) is 4.79 Å². The van der Waals surface area contributed by atoms with Crippen LogP contribution in [-0.2, 0) is 4.79 Å². The minimum atomic E-state index is -0.779. The molecule has 3 N–H and O–H groups in total. The van der Waals surface area contributed by atoms with Gasteiger partial charge < -0.3 is 15.6 Å². The van der Waals surface area contributed by atoms with Crippen LogP contribution in [0.3, 0.4) is 0 Å². The summed E-state index contributed by atoms with van der Waals surface area (Å²) in [7, 11) is 1.59. The minimum absolute atomic E-state index is 0. The number of carboxylic acid groups (broad SMARTS) is 1. The van der Waals surface area contributed by atoms with Crippen molar-refractivity contribution in [1.82, 2.24) is 0 Å². The van der Waals surface area contributed by atoms with Crippen molar-refractivity contribution in [2.75, 3.05) is 7.11 Å². The average Bonchev–Trinajstić information content (AvgIpc) is 2.29. The van der Waals surface area contributed by atoms with Gasteiger partial charge in [0.15, 0.2) is 0 Å². The zero-order valence-electron chi connectivity index (χ0n) is 9.55. The van der Waals surface area contributed by atoms with E-state index < -0.39 is 11.9 Å². The summed E-state index contributed by atoms with van der Waals surface area (Å²) >= 11 is 0. The van der Waals surface area contributed by atoms with Crippen LogP contribution in [0.25, 0.3) is 0 Å². The zero-order valence-corrected chi connectivity index (χ0v) is 10.4. The third-order valence-corrected chi connectivity index (χ3v) is 3.13. The first-order chi connectivity index (χ1) is 7.63. The van der Waals surface area contributed by atoms with Gasteiger partial charge in [0.25, 0.3) is 0 Å². The van der Waals surface area contributed by atoms with Crippen LogP contribution in [0.2, 0.25) is 0 Å². The van der Waals surface area contributed by atoms with Crippen molar-refractivity contribution in [2.45, 2.75) is 24.8 Å². The summed E-state index contributed by atoms with van der Waals surface area (Å²) in [5.41, 5.74) is 7.71. The number of carboxylic acids is 1. The van der Waals surface area contributed by atoms with Crippen molar-refractivity contribution in [3.63, 3.8) is 0 Å². The van der Waals surface area contributed by atoms with Crippen LogP contribution in [0.5, 0.6) is 5.75 Å². The second kappa shape index (κ2) is 5.38. The van der Waals surface area contributed by atoms with Crippen molar-refractivity contribution in [1.29, 1.82) is 0 Å². The second-order valence-electron chi connectivity index (χ2n) is 4.07. The van der Waals surface area contributed by atoms with Gasteiger partial charge in [-0.25, -0.2) is 0 Å². The van der Waals surface area contributed by atoms with Gasteiger partial charge >= 0.3 is 5.97 Å². The number of halogens is 1. The Balaban J connectivity index is 0.00000144. The lowest BCUT2D eigenvalue weighted by Gasteiger charge is -2.27. The largest absolute Gasteiger partial charge is 0.497 e. The van der Waals surface area contributed by atoms with E-state index in [4.69, 9.17) is 15.6 Å². The topological polar surface area (TPSA) is 72.5 Å². The molecule has 2 unspecified atom stereocenters. The molecule has 0 radical (unpaired) electrons. The third-order valence-electron chi connectivity index (χ3n) is 3.13. The van der Waals surface area contributed by atoms with Crippen LogP contribution >= 0.6 is 12.4 Å². The Labute approximate surface area is 106 Å². The number of ether oxygens (including phenoxy) is 1. The van der Waals surface area contributed by atoms with Crippen LogP contribution in [-0.4, -0.2) is 18.2 Å². The molecule has 2 rings (SSSR count). The number of hydrogen-bond acceptors (Lipinski definition) is 3. The fourth-order valence-corrected chi connectivity index (χ4v) is 2.23. The van der Waals surface area contributed by atoms with Gasteiger partial charge in [0.1, 0.15) is 5.75 Å². The van der Waals surface area contributed by atoms with E-state index in [1.165, 1.54) is 0 Å². The van der Waals surface area contributed by atoms with Crippen molar-refractivity contribution in [3.05, 3.63) is 29.3 Å². The Kier molecular flexibility index (Phi) is 4.37. The molecule has 1 aliphatic carbocycles. The Morgan fingerprint density at radius 2 is 2.12 bits per heavy atom. The highest BCUT2D eigenvalue weighted by molar-refractivity contribution is 5.85. The lowest BCUT2D eigenvalue weighted by Crippen LogP contribution is -2.24. The number of hydrogen-bond donors (Lipinski definition) is 2. The average molecular weight is 258 g/mol. The summed E-state index contributed by atoms with van der Waals surface area (Å²) in [5, 5.41) is 9.13. The SMILES string of the molecule is COc1ccc2c(c1)C(N)CCC2C(=O)O.Cl. The molecule has 0 fully saturated rings. The Bertz CT molecular complexity index is 422. The van der Waals surface area contributed by atoms with E-state index in [2.05, 4.69) is 0 Å². The molecule has 94 valence electrons. The first-order valence-electron chi connectivity index (χ1n) is 5.29. The maximum absolute atomic E-state index is 11.1. The first-order valence-corrected chi connectivity index (χ1v) is 5.29. The number of benzene rings is 1. The number of methoxy groups -OCH3 is 1. The molecule has 1 aliphatic rings. The van der Waals surface area contributed by atoms with Crippen LogP contribution in [0.15, 0.2) is 18.2 Å². The monoisotopic (exact) mass is 257 g/mol. The molecule has 1 aromatic carbocycles. The molecule has 0 heterocycles. The summed E-state index contributed by atoms with van der Waals surface area (Å²) in [6.45, 7) is 0. The minimum Gasteiger partial charge on any atom is -0.497 e. The van der Waals surface area contributed by atoms with Crippen molar-refractivity contribution >= 4 is 18.4 Å². The van der Waals surface area contributed by atoms with Crippen LogP contribution in [0, 0.1) is 0 Å². The van der Waals surface area contributed by atoms with Gasteiger partial charge in [-0.3, -0.25) is 4.79 Å². The lowest BCUT2D eigenvalue weighted by atomic mass is 9.80. The number of nitrogens with two attached hydrogens (primary N) is 1. The molecule has 4 nitrogen and oxygen atoms in total.